The van der Waals surface area contributed by atoms with Gasteiger partial charge < -0.3 is 14.4 Å². The smallest absolute Gasteiger partial charge is 0.317 e. The van der Waals surface area contributed by atoms with Crippen molar-refractivity contribution in [3.8, 4) is 0 Å². The Morgan fingerprint density at radius 3 is 2.88 bits per heavy atom. The average molecular weight is 242 g/mol. The molecule has 0 aliphatic rings. The lowest BCUT2D eigenvalue weighted by atomic mass is 10.2. The molecule has 0 aliphatic heterocycles. The second-order valence-corrected chi connectivity index (χ2v) is 4.11. The molecule has 1 aromatic rings. The molecule has 0 saturated carbocycles. The van der Waals surface area contributed by atoms with E-state index < -0.39 is 5.97 Å². The van der Waals surface area contributed by atoms with Crippen molar-refractivity contribution in [3.05, 3.63) is 17.5 Å². The number of nitrogens with zero attached hydrogens (tertiary/aromatic N) is 2. The van der Waals surface area contributed by atoms with Gasteiger partial charge in [0, 0.05) is 25.8 Å². The highest BCUT2D eigenvalue weighted by Gasteiger charge is 2.16. The zero-order valence-electron chi connectivity index (χ0n) is 10.3. The number of aromatic nitrogens is 1. The monoisotopic (exact) mass is 242 g/mol. The van der Waals surface area contributed by atoms with Crippen molar-refractivity contribution in [3.63, 3.8) is 0 Å². The standard InChI is InChI=1S/C11H18N2O4/c1-8(2)13(6-11(14)15)5-9-4-10(7-16-3)17-12-9/h4,8H,5-7H2,1-3H3,(H,14,15). The number of hydrogen-bond donors (Lipinski definition) is 1. The summed E-state index contributed by atoms with van der Waals surface area (Å²) in [5, 5.41) is 12.7. The van der Waals surface area contributed by atoms with Gasteiger partial charge >= 0.3 is 5.97 Å². The summed E-state index contributed by atoms with van der Waals surface area (Å²) in [4.78, 5) is 12.5. The molecular weight excluding hydrogens is 224 g/mol. The van der Waals surface area contributed by atoms with Crippen molar-refractivity contribution in [2.45, 2.75) is 33.0 Å². The summed E-state index contributed by atoms with van der Waals surface area (Å²) in [6, 6.07) is 1.91. The molecule has 0 spiro atoms. The van der Waals surface area contributed by atoms with Crippen molar-refractivity contribution in [2.75, 3.05) is 13.7 Å². The molecule has 0 amide bonds. The van der Waals surface area contributed by atoms with Crippen LogP contribution >= 0.6 is 0 Å². The highest BCUT2D eigenvalue weighted by molar-refractivity contribution is 5.69. The molecule has 0 saturated heterocycles. The van der Waals surface area contributed by atoms with Gasteiger partial charge in [0.05, 0.1) is 12.2 Å². The molecule has 0 unspecified atom stereocenters. The summed E-state index contributed by atoms with van der Waals surface area (Å²) in [7, 11) is 1.58. The first kappa shape index (κ1) is 13.7. The van der Waals surface area contributed by atoms with Gasteiger partial charge in [-0.15, -0.1) is 0 Å². The van der Waals surface area contributed by atoms with Gasteiger partial charge in [-0.1, -0.05) is 5.16 Å². The van der Waals surface area contributed by atoms with Crippen molar-refractivity contribution >= 4 is 5.97 Å². The van der Waals surface area contributed by atoms with Gasteiger partial charge in [0.1, 0.15) is 6.61 Å². The van der Waals surface area contributed by atoms with Crippen LogP contribution in [0.4, 0.5) is 0 Å². The second kappa shape index (κ2) is 6.36. The van der Waals surface area contributed by atoms with E-state index in [0.717, 1.165) is 0 Å². The fourth-order valence-corrected chi connectivity index (χ4v) is 1.44. The van der Waals surface area contributed by atoms with E-state index in [4.69, 9.17) is 14.4 Å². The van der Waals surface area contributed by atoms with Gasteiger partial charge in [-0.2, -0.15) is 0 Å². The molecule has 17 heavy (non-hydrogen) atoms. The lowest BCUT2D eigenvalue weighted by Crippen LogP contribution is -2.35. The Labute approximate surface area is 100 Å². The predicted octanol–water partition coefficient (Wildman–Crippen LogP) is 1.12. The van der Waals surface area contributed by atoms with E-state index >= 15 is 0 Å². The lowest BCUT2D eigenvalue weighted by molar-refractivity contribution is -0.139. The van der Waals surface area contributed by atoms with Crippen LogP contribution < -0.4 is 0 Å². The normalized spacial score (nSPS) is 11.4. The van der Waals surface area contributed by atoms with Gasteiger partial charge in [-0.05, 0) is 13.8 Å². The minimum Gasteiger partial charge on any atom is -0.480 e. The van der Waals surface area contributed by atoms with Crippen molar-refractivity contribution < 1.29 is 19.2 Å². The summed E-state index contributed by atoms with van der Waals surface area (Å²) < 4.78 is 9.96. The molecule has 1 rings (SSSR count). The summed E-state index contributed by atoms with van der Waals surface area (Å²) in [5.74, 6) is -0.208. The Kier molecular flexibility index (Phi) is 5.11. The molecular formula is C11H18N2O4. The quantitative estimate of drug-likeness (QED) is 0.772. The predicted molar refractivity (Wildman–Crippen MR) is 60.4 cm³/mol. The SMILES string of the molecule is COCc1cc(CN(CC(=O)O)C(C)C)no1. The number of methoxy groups -OCH3 is 1. The summed E-state index contributed by atoms with van der Waals surface area (Å²) in [6.45, 7) is 4.70. The first-order chi connectivity index (χ1) is 8.02. The summed E-state index contributed by atoms with van der Waals surface area (Å²) >= 11 is 0. The molecule has 0 atom stereocenters. The number of aliphatic carboxylic acids is 1. The molecule has 96 valence electrons. The van der Waals surface area contributed by atoms with Crippen LogP contribution in [0, 0.1) is 0 Å². The number of ether oxygens (including phenoxy) is 1. The van der Waals surface area contributed by atoms with Crippen LogP contribution in [0.3, 0.4) is 0 Å². The number of hydrogen-bond acceptors (Lipinski definition) is 5. The molecule has 1 aromatic heterocycles. The Morgan fingerprint density at radius 2 is 2.35 bits per heavy atom. The van der Waals surface area contributed by atoms with Gasteiger partial charge in [0.2, 0.25) is 0 Å². The third kappa shape index (κ3) is 4.54. The molecule has 6 heteroatoms. The molecule has 1 heterocycles. The summed E-state index contributed by atoms with van der Waals surface area (Å²) in [6.07, 6.45) is 0. The van der Waals surface area contributed by atoms with Crippen LogP contribution in [0.5, 0.6) is 0 Å². The number of rotatable bonds is 7. The highest BCUT2D eigenvalue weighted by Crippen LogP contribution is 2.10. The maximum atomic E-state index is 10.7. The fraction of sp³-hybridized carbons (Fsp3) is 0.636. The maximum Gasteiger partial charge on any atom is 0.317 e. The fourth-order valence-electron chi connectivity index (χ4n) is 1.44. The average Bonchev–Trinajstić information content (AvgIpc) is 2.64. The van der Waals surface area contributed by atoms with E-state index in [0.29, 0.717) is 24.6 Å². The van der Waals surface area contributed by atoms with Crippen LogP contribution in [-0.4, -0.2) is 40.8 Å². The Balaban J connectivity index is 2.61. The minimum absolute atomic E-state index is 0.00978. The topological polar surface area (TPSA) is 75.8 Å². The lowest BCUT2D eigenvalue weighted by Gasteiger charge is -2.22. The first-order valence-corrected chi connectivity index (χ1v) is 5.42. The second-order valence-electron chi connectivity index (χ2n) is 4.11. The Hall–Kier alpha value is -1.40. The molecule has 0 bridgehead atoms. The van der Waals surface area contributed by atoms with Gasteiger partial charge in [-0.3, -0.25) is 9.69 Å². The third-order valence-electron chi connectivity index (χ3n) is 2.33. The molecule has 0 radical (unpaired) electrons. The van der Waals surface area contributed by atoms with Crippen molar-refractivity contribution in [1.82, 2.24) is 10.1 Å². The maximum absolute atomic E-state index is 10.7. The molecule has 0 fully saturated rings. The van der Waals surface area contributed by atoms with E-state index in [1.165, 1.54) is 0 Å². The van der Waals surface area contributed by atoms with Crippen LogP contribution in [-0.2, 0) is 22.7 Å². The molecule has 6 nitrogen and oxygen atoms in total. The van der Waals surface area contributed by atoms with E-state index in [1.54, 1.807) is 18.1 Å². The molecule has 1 N–H and O–H groups in total. The van der Waals surface area contributed by atoms with Crippen LogP contribution in [0.2, 0.25) is 0 Å². The number of carbonyl (C=O) groups is 1. The van der Waals surface area contributed by atoms with E-state index in [-0.39, 0.29) is 12.6 Å². The van der Waals surface area contributed by atoms with Crippen molar-refractivity contribution in [1.29, 1.82) is 0 Å². The van der Waals surface area contributed by atoms with Gasteiger partial charge in [0.15, 0.2) is 5.76 Å². The first-order valence-electron chi connectivity index (χ1n) is 5.42. The van der Waals surface area contributed by atoms with Crippen LogP contribution in [0.1, 0.15) is 25.3 Å². The Morgan fingerprint density at radius 1 is 1.65 bits per heavy atom. The van der Waals surface area contributed by atoms with Crippen LogP contribution in [0.25, 0.3) is 0 Å². The Bertz CT molecular complexity index is 362. The molecule has 0 aromatic carbocycles. The van der Waals surface area contributed by atoms with Crippen molar-refractivity contribution in [2.24, 2.45) is 0 Å². The largest absolute Gasteiger partial charge is 0.480 e. The zero-order chi connectivity index (χ0) is 12.8. The zero-order valence-corrected chi connectivity index (χ0v) is 10.3. The number of carboxylic acids is 1. The van der Waals surface area contributed by atoms with Gasteiger partial charge in [-0.25, -0.2) is 0 Å². The number of carboxylic acid groups (broad SMARTS) is 1. The third-order valence-corrected chi connectivity index (χ3v) is 2.33. The van der Waals surface area contributed by atoms with Crippen LogP contribution in [0.15, 0.2) is 10.6 Å². The highest BCUT2D eigenvalue weighted by atomic mass is 16.5. The van der Waals surface area contributed by atoms with Gasteiger partial charge in [0.25, 0.3) is 0 Å². The van der Waals surface area contributed by atoms with E-state index in [2.05, 4.69) is 5.16 Å². The minimum atomic E-state index is -0.848. The van der Waals surface area contributed by atoms with E-state index in [1.807, 2.05) is 13.8 Å². The van der Waals surface area contributed by atoms with E-state index in [9.17, 15) is 4.79 Å². The summed E-state index contributed by atoms with van der Waals surface area (Å²) in [5.41, 5.74) is 0.715. The molecule has 0 aliphatic carbocycles.